The van der Waals surface area contributed by atoms with E-state index in [1.807, 2.05) is 0 Å². The lowest BCUT2D eigenvalue weighted by molar-refractivity contribution is 0.938. The summed E-state index contributed by atoms with van der Waals surface area (Å²) >= 11 is 5.68. The average molecular weight is 335 g/mol. The van der Waals surface area contributed by atoms with Gasteiger partial charge < -0.3 is 19.1 Å². The number of hydrogen-bond acceptors (Lipinski definition) is 6. The molecular formula is C12H11ClN8O2. The Morgan fingerprint density at radius 1 is 0.957 bits per heavy atom. The van der Waals surface area contributed by atoms with Gasteiger partial charge in [-0.1, -0.05) is 0 Å². The summed E-state index contributed by atoms with van der Waals surface area (Å²) in [6.45, 7) is 0. The van der Waals surface area contributed by atoms with Crippen molar-refractivity contribution in [2.45, 2.75) is 0 Å². The van der Waals surface area contributed by atoms with Crippen molar-refractivity contribution in [2.24, 2.45) is 14.1 Å². The molecule has 4 rings (SSSR count). The van der Waals surface area contributed by atoms with Crippen molar-refractivity contribution in [3.8, 4) is 0 Å². The molecule has 4 aromatic heterocycles. The lowest BCUT2D eigenvalue weighted by Crippen LogP contribution is -2.09. The van der Waals surface area contributed by atoms with Crippen LogP contribution in [0.25, 0.3) is 22.3 Å². The number of fused-ring (bicyclic) bond motifs is 2. The summed E-state index contributed by atoms with van der Waals surface area (Å²) < 4.78 is 3.13. The predicted octanol–water partition coefficient (Wildman–Crippen LogP) is -0.0334. The highest BCUT2D eigenvalue weighted by atomic mass is 35.5. The van der Waals surface area contributed by atoms with Gasteiger partial charge in [0.15, 0.2) is 22.3 Å². The van der Waals surface area contributed by atoms with Crippen LogP contribution in [0.4, 0.5) is 0 Å². The van der Waals surface area contributed by atoms with Gasteiger partial charge in [0.1, 0.15) is 0 Å². The van der Waals surface area contributed by atoms with Gasteiger partial charge in [-0.2, -0.15) is 4.98 Å². The summed E-state index contributed by atoms with van der Waals surface area (Å²) in [5.41, 5.74) is 1.36. The number of imidazole rings is 2. The van der Waals surface area contributed by atoms with Crippen molar-refractivity contribution in [1.29, 1.82) is 0 Å². The zero-order valence-electron chi connectivity index (χ0n) is 12.1. The van der Waals surface area contributed by atoms with Crippen LogP contribution in [-0.4, -0.2) is 39.0 Å². The second-order valence-electron chi connectivity index (χ2n) is 4.60. The van der Waals surface area contributed by atoms with E-state index < -0.39 is 0 Å². The second kappa shape index (κ2) is 5.65. The SMILES string of the molecule is Cn1c(Cl)nc2nc[nH]c(=O)c21.Cn1cnc2nc[nH]c(=O)c21. The number of halogens is 1. The van der Waals surface area contributed by atoms with E-state index in [2.05, 4.69) is 29.9 Å². The smallest absolute Gasteiger partial charge is 0.277 e. The fraction of sp³-hybridized carbons (Fsp3) is 0.167. The Labute approximate surface area is 132 Å². The summed E-state index contributed by atoms with van der Waals surface area (Å²) in [6, 6.07) is 0. The van der Waals surface area contributed by atoms with Crippen molar-refractivity contribution in [1.82, 2.24) is 39.0 Å². The standard InChI is InChI=1S/C6H5ClN4O.C6H6N4O/c1-11-3-4(10-6(11)7)8-2-9-5(3)12;1-10-3-9-5-4(10)6(11)8-2-7-5/h2H,1H3,(H,8,9,12);2-3H,1H3,(H,7,8,11). The van der Waals surface area contributed by atoms with Gasteiger partial charge in [0, 0.05) is 14.1 Å². The minimum absolute atomic E-state index is 0.157. The third-order valence-electron chi connectivity index (χ3n) is 3.13. The van der Waals surface area contributed by atoms with Crippen molar-refractivity contribution in [3.63, 3.8) is 0 Å². The van der Waals surface area contributed by atoms with Crippen LogP contribution in [-0.2, 0) is 14.1 Å². The molecule has 11 heteroatoms. The maximum Gasteiger partial charge on any atom is 0.277 e. The molecule has 4 aromatic rings. The third-order valence-corrected chi connectivity index (χ3v) is 3.47. The number of nitrogens with zero attached hydrogens (tertiary/aromatic N) is 6. The van der Waals surface area contributed by atoms with Gasteiger partial charge in [-0.25, -0.2) is 15.0 Å². The first kappa shape index (κ1) is 14.9. The summed E-state index contributed by atoms with van der Waals surface area (Å²) in [6.07, 6.45) is 4.21. The third kappa shape index (κ3) is 2.59. The van der Waals surface area contributed by atoms with Crippen molar-refractivity contribution < 1.29 is 0 Å². The minimum atomic E-state index is -0.234. The fourth-order valence-electron chi connectivity index (χ4n) is 2.02. The molecule has 0 unspecified atom stereocenters. The Morgan fingerprint density at radius 2 is 1.57 bits per heavy atom. The summed E-state index contributed by atoms with van der Waals surface area (Å²) in [5.74, 6) is 0. The van der Waals surface area contributed by atoms with Gasteiger partial charge in [-0.3, -0.25) is 9.59 Å². The molecule has 23 heavy (non-hydrogen) atoms. The van der Waals surface area contributed by atoms with Crippen molar-refractivity contribution in [3.05, 3.63) is 45.0 Å². The second-order valence-corrected chi connectivity index (χ2v) is 4.94. The van der Waals surface area contributed by atoms with E-state index in [4.69, 9.17) is 11.6 Å². The summed E-state index contributed by atoms with van der Waals surface area (Å²) in [7, 11) is 3.42. The first-order valence-corrected chi connectivity index (χ1v) is 6.77. The number of hydrogen-bond donors (Lipinski definition) is 2. The zero-order valence-corrected chi connectivity index (χ0v) is 12.9. The minimum Gasteiger partial charge on any atom is -0.328 e. The van der Waals surface area contributed by atoms with Crippen LogP contribution in [0, 0.1) is 0 Å². The van der Waals surface area contributed by atoms with Crippen LogP contribution in [0.3, 0.4) is 0 Å². The molecule has 2 N–H and O–H groups in total. The Kier molecular flexibility index (Phi) is 3.66. The van der Waals surface area contributed by atoms with Crippen molar-refractivity contribution in [2.75, 3.05) is 0 Å². The molecule has 0 aliphatic heterocycles. The molecule has 0 aliphatic rings. The molecule has 0 aromatic carbocycles. The normalized spacial score (nSPS) is 10.7. The van der Waals surface area contributed by atoms with Gasteiger partial charge in [0.25, 0.3) is 11.1 Å². The van der Waals surface area contributed by atoms with Gasteiger partial charge in [-0.05, 0) is 11.6 Å². The van der Waals surface area contributed by atoms with Gasteiger partial charge in [0.2, 0.25) is 5.28 Å². The number of aromatic nitrogens is 8. The first-order chi connectivity index (χ1) is 11.0. The van der Waals surface area contributed by atoms with Crippen molar-refractivity contribution >= 4 is 33.9 Å². The average Bonchev–Trinajstić information content (AvgIpc) is 3.03. The molecule has 0 amide bonds. The number of aryl methyl sites for hydroxylation is 2. The van der Waals surface area contributed by atoms with Gasteiger partial charge in [-0.15, -0.1) is 0 Å². The fourth-order valence-corrected chi connectivity index (χ4v) is 2.18. The van der Waals surface area contributed by atoms with E-state index >= 15 is 0 Å². The highest BCUT2D eigenvalue weighted by Crippen LogP contribution is 2.11. The van der Waals surface area contributed by atoms with Crippen LogP contribution in [0.1, 0.15) is 0 Å². The molecule has 0 saturated heterocycles. The Hall–Kier alpha value is -3.01. The van der Waals surface area contributed by atoms with Gasteiger partial charge in [0.05, 0.1) is 19.0 Å². The van der Waals surface area contributed by atoms with Crippen LogP contribution in [0.2, 0.25) is 5.28 Å². The Balaban J connectivity index is 0.000000136. The molecule has 4 heterocycles. The number of nitrogens with one attached hydrogen (secondary N) is 2. The Morgan fingerprint density at radius 3 is 2.17 bits per heavy atom. The predicted molar refractivity (Wildman–Crippen MR) is 83.3 cm³/mol. The highest BCUT2D eigenvalue weighted by Gasteiger charge is 2.08. The molecule has 0 aliphatic carbocycles. The molecule has 0 radical (unpaired) electrons. The molecule has 0 spiro atoms. The van der Waals surface area contributed by atoms with E-state index in [0.717, 1.165) is 0 Å². The lowest BCUT2D eigenvalue weighted by atomic mass is 10.5. The lowest BCUT2D eigenvalue weighted by Gasteiger charge is -1.91. The first-order valence-electron chi connectivity index (χ1n) is 6.39. The molecule has 0 bridgehead atoms. The van der Waals surface area contributed by atoms with Crippen LogP contribution in [0.15, 0.2) is 28.6 Å². The zero-order chi connectivity index (χ0) is 16.6. The topological polar surface area (TPSA) is 127 Å². The van der Waals surface area contributed by atoms with Crippen LogP contribution < -0.4 is 11.1 Å². The van der Waals surface area contributed by atoms with E-state index in [1.165, 1.54) is 17.2 Å². The van der Waals surface area contributed by atoms with Crippen LogP contribution in [0.5, 0.6) is 0 Å². The van der Waals surface area contributed by atoms with E-state index in [0.29, 0.717) is 22.3 Å². The highest BCUT2D eigenvalue weighted by molar-refractivity contribution is 6.29. The monoisotopic (exact) mass is 334 g/mol. The van der Waals surface area contributed by atoms with Gasteiger partial charge >= 0.3 is 0 Å². The molecule has 0 atom stereocenters. The molecule has 0 fully saturated rings. The quantitative estimate of drug-likeness (QED) is 0.435. The maximum atomic E-state index is 11.2. The number of H-pyrrole nitrogens is 2. The van der Waals surface area contributed by atoms with Crippen LogP contribution >= 0.6 is 11.6 Å². The van der Waals surface area contributed by atoms with E-state index in [-0.39, 0.29) is 16.4 Å². The molecule has 118 valence electrons. The largest absolute Gasteiger partial charge is 0.328 e. The maximum absolute atomic E-state index is 11.2. The van der Waals surface area contributed by atoms with E-state index in [1.54, 1.807) is 25.0 Å². The molecule has 0 saturated carbocycles. The molecular weight excluding hydrogens is 324 g/mol. The summed E-state index contributed by atoms with van der Waals surface area (Å²) in [4.78, 5) is 42.7. The Bertz CT molecular complexity index is 1110. The number of rotatable bonds is 0. The van der Waals surface area contributed by atoms with E-state index in [9.17, 15) is 9.59 Å². The number of aromatic amines is 2. The molecule has 10 nitrogen and oxygen atoms in total. The summed E-state index contributed by atoms with van der Waals surface area (Å²) in [5, 5.41) is 0.259.